The number of hydrogen-bond acceptors (Lipinski definition) is 5. The van der Waals surface area contributed by atoms with Crippen molar-refractivity contribution in [3.63, 3.8) is 0 Å². The maximum atomic E-state index is 13.6. The highest BCUT2D eigenvalue weighted by molar-refractivity contribution is 7.94. The van der Waals surface area contributed by atoms with E-state index in [4.69, 9.17) is 26.3 Å². The lowest BCUT2D eigenvalue weighted by Crippen LogP contribution is -2.11. The number of benzene rings is 2. The van der Waals surface area contributed by atoms with Crippen LogP contribution in [0.1, 0.15) is 24.2 Å². The molecule has 0 amide bonds. The van der Waals surface area contributed by atoms with Gasteiger partial charge in [-0.05, 0) is 30.7 Å². The van der Waals surface area contributed by atoms with Gasteiger partial charge in [-0.25, -0.2) is 8.78 Å². The van der Waals surface area contributed by atoms with Crippen molar-refractivity contribution in [1.82, 2.24) is 0 Å². The van der Waals surface area contributed by atoms with Gasteiger partial charge in [0.1, 0.15) is 6.10 Å². The standard InChI is InChI=1S/C18H16ClF2NO3S/c1-11(12-5-7-14(19)8-6-12)24-18(22)16(9-23)25-26-10-13-3-2-4-15(20)17(13)21/h2-9,11H,10,22H2,1H3/b18-16+. The van der Waals surface area contributed by atoms with E-state index in [1.165, 1.54) is 12.1 Å². The van der Waals surface area contributed by atoms with Gasteiger partial charge in [-0.15, -0.1) is 0 Å². The largest absolute Gasteiger partial charge is 0.469 e. The topological polar surface area (TPSA) is 61.5 Å². The maximum absolute atomic E-state index is 13.6. The highest BCUT2D eigenvalue weighted by atomic mass is 35.5. The van der Waals surface area contributed by atoms with Gasteiger partial charge < -0.3 is 14.7 Å². The summed E-state index contributed by atoms with van der Waals surface area (Å²) in [7, 11) is 0. The fraction of sp³-hybridized carbons (Fsp3) is 0.167. The first kappa shape index (κ1) is 20.1. The third kappa shape index (κ3) is 5.37. The summed E-state index contributed by atoms with van der Waals surface area (Å²) >= 11 is 6.57. The first-order valence-corrected chi connectivity index (χ1v) is 8.80. The van der Waals surface area contributed by atoms with Crippen LogP contribution in [0.4, 0.5) is 8.78 Å². The van der Waals surface area contributed by atoms with E-state index in [1.54, 1.807) is 31.2 Å². The molecule has 0 aliphatic carbocycles. The van der Waals surface area contributed by atoms with E-state index in [0.717, 1.165) is 23.7 Å². The van der Waals surface area contributed by atoms with Gasteiger partial charge >= 0.3 is 0 Å². The average molecular weight is 400 g/mol. The Labute approximate surface area is 159 Å². The highest BCUT2D eigenvalue weighted by Crippen LogP contribution is 2.24. The van der Waals surface area contributed by atoms with Gasteiger partial charge in [-0.3, -0.25) is 4.79 Å². The van der Waals surface area contributed by atoms with E-state index in [0.29, 0.717) is 11.3 Å². The molecule has 0 aliphatic heterocycles. The minimum atomic E-state index is -0.958. The second-order valence-corrected chi connectivity index (χ2v) is 6.34. The van der Waals surface area contributed by atoms with Crippen molar-refractivity contribution in [3.05, 3.63) is 81.9 Å². The molecule has 0 aliphatic rings. The first-order valence-electron chi connectivity index (χ1n) is 7.51. The molecular weight excluding hydrogens is 384 g/mol. The molecule has 4 nitrogen and oxygen atoms in total. The van der Waals surface area contributed by atoms with Gasteiger partial charge in [-0.1, -0.05) is 35.9 Å². The number of halogens is 3. The van der Waals surface area contributed by atoms with Gasteiger partial charge in [0.15, 0.2) is 17.9 Å². The molecular formula is C18H16ClF2NO3S. The summed E-state index contributed by atoms with van der Waals surface area (Å²) < 4.78 is 37.4. The van der Waals surface area contributed by atoms with E-state index >= 15 is 0 Å². The van der Waals surface area contributed by atoms with Crippen LogP contribution in [0.25, 0.3) is 0 Å². The van der Waals surface area contributed by atoms with Crippen LogP contribution in [0.2, 0.25) is 5.02 Å². The normalized spacial score (nSPS) is 12.9. The average Bonchev–Trinajstić information content (AvgIpc) is 2.62. The Kier molecular flexibility index (Phi) is 7.29. The van der Waals surface area contributed by atoms with Crippen LogP contribution in [-0.2, 0) is 19.5 Å². The molecule has 0 radical (unpaired) electrons. The molecule has 1 atom stereocenters. The second kappa shape index (κ2) is 9.45. The van der Waals surface area contributed by atoms with Crippen LogP contribution >= 0.6 is 23.6 Å². The third-order valence-electron chi connectivity index (χ3n) is 3.39. The Hall–Kier alpha value is -2.25. The van der Waals surface area contributed by atoms with Crippen molar-refractivity contribution >= 4 is 29.9 Å². The van der Waals surface area contributed by atoms with Gasteiger partial charge in [-0.2, -0.15) is 0 Å². The molecule has 0 saturated carbocycles. The Morgan fingerprint density at radius 3 is 2.62 bits per heavy atom. The monoisotopic (exact) mass is 399 g/mol. The Balaban J connectivity index is 1.97. The molecule has 0 spiro atoms. The van der Waals surface area contributed by atoms with Crippen molar-refractivity contribution < 1.29 is 22.5 Å². The lowest BCUT2D eigenvalue weighted by atomic mass is 10.1. The van der Waals surface area contributed by atoms with E-state index in [1.807, 2.05) is 0 Å². The van der Waals surface area contributed by atoms with Gasteiger partial charge in [0, 0.05) is 10.6 Å². The lowest BCUT2D eigenvalue weighted by molar-refractivity contribution is -0.106. The molecule has 2 N–H and O–H groups in total. The number of carbonyl (C=O) groups is 1. The zero-order valence-corrected chi connectivity index (χ0v) is 15.3. The van der Waals surface area contributed by atoms with E-state index < -0.39 is 17.7 Å². The van der Waals surface area contributed by atoms with E-state index in [-0.39, 0.29) is 23.0 Å². The summed E-state index contributed by atoms with van der Waals surface area (Å²) in [6, 6.07) is 10.8. The number of ether oxygens (including phenoxy) is 1. The van der Waals surface area contributed by atoms with Crippen LogP contribution < -0.4 is 5.73 Å². The van der Waals surface area contributed by atoms with Crippen LogP contribution in [-0.4, -0.2) is 6.29 Å². The maximum Gasteiger partial charge on any atom is 0.236 e. The summed E-state index contributed by atoms with van der Waals surface area (Å²) in [4.78, 5) is 11.2. The first-order chi connectivity index (χ1) is 12.4. The minimum absolute atomic E-state index is 0.0129. The molecule has 26 heavy (non-hydrogen) atoms. The van der Waals surface area contributed by atoms with Crippen molar-refractivity contribution in [1.29, 1.82) is 0 Å². The van der Waals surface area contributed by atoms with E-state index in [2.05, 4.69) is 0 Å². The molecule has 8 heteroatoms. The molecule has 0 fully saturated rings. The van der Waals surface area contributed by atoms with Crippen LogP contribution in [0, 0.1) is 11.6 Å². The second-order valence-electron chi connectivity index (χ2n) is 5.22. The van der Waals surface area contributed by atoms with Crippen molar-refractivity contribution in [2.75, 3.05) is 0 Å². The van der Waals surface area contributed by atoms with Gasteiger partial charge in [0.2, 0.25) is 11.6 Å². The number of allylic oxidation sites excluding steroid dienone is 1. The number of carbonyl (C=O) groups excluding carboxylic acids is 1. The molecule has 138 valence electrons. The summed E-state index contributed by atoms with van der Waals surface area (Å²) in [6.45, 7) is 1.74. The molecule has 0 aromatic heterocycles. The molecule has 2 aromatic carbocycles. The predicted octanol–water partition coefficient (Wildman–Crippen LogP) is 4.89. The highest BCUT2D eigenvalue weighted by Gasteiger charge is 2.14. The third-order valence-corrected chi connectivity index (χ3v) is 4.37. The molecule has 1 unspecified atom stereocenters. The van der Waals surface area contributed by atoms with E-state index in [9.17, 15) is 13.6 Å². The zero-order chi connectivity index (χ0) is 19.1. The van der Waals surface area contributed by atoms with Gasteiger partial charge in [0.05, 0.1) is 17.8 Å². The van der Waals surface area contributed by atoms with Crippen molar-refractivity contribution in [2.45, 2.75) is 18.8 Å². The summed E-state index contributed by atoms with van der Waals surface area (Å²) in [5.74, 6) is -2.38. The van der Waals surface area contributed by atoms with Crippen molar-refractivity contribution in [3.8, 4) is 0 Å². The number of nitrogens with two attached hydrogens (primary N) is 1. The van der Waals surface area contributed by atoms with Gasteiger partial charge in [0.25, 0.3) is 0 Å². The number of hydrogen-bond donors (Lipinski definition) is 1. The van der Waals surface area contributed by atoms with Crippen molar-refractivity contribution in [2.24, 2.45) is 5.73 Å². The zero-order valence-electron chi connectivity index (χ0n) is 13.7. The lowest BCUT2D eigenvalue weighted by Gasteiger charge is -2.16. The van der Waals surface area contributed by atoms with Crippen LogP contribution in [0.3, 0.4) is 0 Å². The Morgan fingerprint density at radius 1 is 1.27 bits per heavy atom. The SMILES string of the molecule is CC(O/C(N)=C(\C=O)OSCc1cccc(F)c1F)c1ccc(Cl)cc1. The van der Waals surface area contributed by atoms with Crippen LogP contribution in [0.5, 0.6) is 0 Å². The predicted molar refractivity (Wildman–Crippen MR) is 97.0 cm³/mol. The molecule has 0 bridgehead atoms. The Morgan fingerprint density at radius 2 is 1.96 bits per heavy atom. The number of rotatable bonds is 8. The molecule has 0 saturated heterocycles. The minimum Gasteiger partial charge on any atom is -0.469 e. The molecule has 2 rings (SSSR count). The fourth-order valence-electron chi connectivity index (χ4n) is 1.99. The fourth-order valence-corrected chi connectivity index (χ4v) is 2.77. The molecule has 0 heterocycles. The summed E-state index contributed by atoms with van der Waals surface area (Å²) in [5, 5.41) is 0.586. The number of aldehydes is 1. The quantitative estimate of drug-likeness (QED) is 0.296. The smallest absolute Gasteiger partial charge is 0.236 e. The summed E-state index contributed by atoms with van der Waals surface area (Å²) in [5.41, 5.74) is 6.67. The Bertz CT molecular complexity index is 800. The summed E-state index contributed by atoms with van der Waals surface area (Å²) in [6.07, 6.45) is -0.0600. The van der Waals surface area contributed by atoms with Crippen LogP contribution in [0.15, 0.2) is 54.1 Å². The molecule has 2 aromatic rings.